The third-order valence-electron chi connectivity index (χ3n) is 4.93. The highest BCUT2D eigenvalue weighted by molar-refractivity contribution is 6.28. The first kappa shape index (κ1) is 24.5. The summed E-state index contributed by atoms with van der Waals surface area (Å²) in [4.78, 5) is 41.5. The average molecular weight is 406 g/mol. The maximum absolute atomic E-state index is 12.7. The molecule has 0 atom stereocenters. The topological polar surface area (TPSA) is 81.2 Å². The molecular formula is C22H35N3O4. The van der Waals surface area contributed by atoms with Gasteiger partial charge in [0.25, 0.3) is 11.8 Å². The molecule has 1 aliphatic rings. The van der Waals surface area contributed by atoms with Crippen molar-refractivity contribution in [2.24, 2.45) is 0 Å². The Morgan fingerprint density at radius 2 is 1.59 bits per heavy atom. The predicted molar refractivity (Wildman–Crippen MR) is 114 cm³/mol. The van der Waals surface area contributed by atoms with E-state index in [4.69, 9.17) is 0 Å². The number of urea groups is 1. The highest BCUT2D eigenvalue weighted by Crippen LogP contribution is 2.18. The maximum Gasteiger partial charge on any atom is 0.333 e. The van der Waals surface area contributed by atoms with Crippen LogP contribution in [0.4, 0.5) is 4.79 Å². The minimum atomic E-state index is -0.702. The Balaban J connectivity index is 2.85. The molecule has 1 aliphatic heterocycles. The summed E-state index contributed by atoms with van der Waals surface area (Å²) in [5, 5.41) is 10.1. The predicted octanol–water partition coefficient (Wildman–Crippen LogP) is 3.99. The molecule has 1 saturated heterocycles. The Morgan fingerprint density at radius 1 is 0.966 bits per heavy atom. The lowest BCUT2D eigenvalue weighted by molar-refractivity contribution is -0.135. The summed E-state index contributed by atoms with van der Waals surface area (Å²) < 4.78 is 0. The van der Waals surface area contributed by atoms with Crippen molar-refractivity contribution >= 4 is 17.8 Å². The summed E-state index contributed by atoms with van der Waals surface area (Å²) in [7, 11) is 1.35. The highest BCUT2D eigenvalue weighted by Gasteiger charge is 2.39. The van der Waals surface area contributed by atoms with Gasteiger partial charge in [0.05, 0.1) is 0 Å². The molecule has 1 heterocycles. The molecule has 0 bridgehead atoms. The summed E-state index contributed by atoms with van der Waals surface area (Å²) in [6.45, 7) is 8.12. The van der Waals surface area contributed by atoms with Crippen LogP contribution in [0.1, 0.15) is 59.3 Å². The summed E-state index contributed by atoms with van der Waals surface area (Å²) in [6, 6.07) is -0.615. The minimum Gasteiger partial charge on any atom is -0.508 e. The van der Waals surface area contributed by atoms with E-state index in [1.807, 2.05) is 24.9 Å². The fraction of sp³-hybridized carbons (Fsp3) is 0.591. The van der Waals surface area contributed by atoms with Gasteiger partial charge >= 0.3 is 6.03 Å². The molecule has 0 aromatic carbocycles. The van der Waals surface area contributed by atoms with E-state index in [9.17, 15) is 19.5 Å². The Hall–Kier alpha value is -2.57. The van der Waals surface area contributed by atoms with Gasteiger partial charge < -0.3 is 10.0 Å². The first-order valence-corrected chi connectivity index (χ1v) is 10.5. The molecule has 0 aliphatic carbocycles. The van der Waals surface area contributed by atoms with Crippen LogP contribution in [-0.2, 0) is 9.59 Å². The Labute approximate surface area is 174 Å². The molecule has 29 heavy (non-hydrogen) atoms. The summed E-state index contributed by atoms with van der Waals surface area (Å²) in [5.74, 6) is -1.57. The van der Waals surface area contributed by atoms with Crippen LogP contribution in [0.15, 0.2) is 35.8 Å². The van der Waals surface area contributed by atoms with Crippen molar-refractivity contribution in [2.75, 3.05) is 26.7 Å². The summed E-state index contributed by atoms with van der Waals surface area (Å²) in [5.41, 5.74) is -0.205. The number of aliphatic hydroxyl groups excluding tert-OH is 1. The van der Waals surface area contributed by atoms with Crippen molar-refractivity contribution in [3.05, 3.63) is 35.8 Å². The normalized spacial score (nSPS) is 17.2. The number of likely N-dealkylation sites (N-methyl/N-ethyl adjacent to an activating group) is 1. The minimum absolute atomic E-state index is 0.205. The van der Waals surface area contributed by atoms with Gasteiger partial charge in [-0.15, -0.1) is 0 Å². The van der Waals surface area contributed by atoms with Crippen molar-refractivity contribution in [1.82, 2.24) is 14.7 Å². The van der Waals surface area contributed by atoms with Gasteiger partial charge in [0.1, 0.15) is 11.3 Å². The van der Waals surface area contributed by atoms with Crippen LogP contribution in [0, 0.1) is 0 Å². The number of amides is 4. The standard InChI is InChI=1S/C22H35N3O4/c1-5-8-9-10-11-12-16-25-21(28)19(20(27)23(4)22(25)29)17-18(26)14-13-15-24(6-2)7-3/h13-15,17,26H,5-12,16H2,1-4H3/b15-13+,18-14-,19-17+. The molecule has 1 N–H and O–H groups in total. The lowest BCUT2D eigenvalue weighted by Gasteiger charge is -2.31. The molecule has 7 nitrogen and oxygen atoms in total. The van der Waals surface area contributed by atoms with Crippen molar-refractivity contribution in [2.45, 2.75) is 59.3 Å². The average Bonchev–Trinajstić information content (AvgIpc) is 2.71. The van der Waals surface area contributed by atoms with Crippen molar-refractivity contribution in [3.8, 4) is 0 Å². The van der Waals surface area contributed by atoms with Gasteiger partial charge in [-0.3, -0.25) is 19.4 Å². The molecule has 162 valence electrons. The fourth-order valence-corrected chi connectivity index (χ4v) is 3.04. The van der Waals surface area contributed by atoms with E-state index in [0.717, 1.165) is 54.6 Å². The van der Waals surface area contributed by atoms with Crippen LogP contribution >= 0.6 is 0 Å². The zero-order valence-electron chi connectivity index (χ0n) is 18.2. The van der Waals surface area contributed by atoms with Crippen molar-refractivity contribution < 1.29 is 19.5 Å². The Kier molecular flexibility index (Phi) is 10.8. The molecular weight excluding hydrogens is 370 g/mol. The number of carbonyl (C=O) groups is 3. The number of imide groups is 2. The number of hydrogen-bond acceptors (Lipinski definition) is 5. The smallest absolute Gasteiger partial charge is 0.333 e. The van der Waals surface area contributed by atoms with Crippen LogP contribution in [0.3, 0.4) is 0 Å². The highest BCUT2D eigenvalue weighted by atomic mass is 16.3. The molecule has 0 aromatic heterocycles. The van der Waals surface area contributed by atoms with Crippen LogP contribution in [0.2, 0.25) is 0 Å². The molecule has 7 heteroatoms. The lowest BCUT2D eigenvalue weighted by Crippen LogP contribution is -2.55. The number of barbiturate groups is 1. The van der Waals surface area contributed by atoms with Crippen LogP contribution in [0.5, 0.6) is 0 Å². The van der Waals surface area contributed by atoms with Gasteiger partial charge in [-0.2, -0.15) is 0 Å². The second-order valence-corrected chi connectivity index (χ2v) is 7.08. The third kappa shape index (κ3) is 7.40. The molecule has 0 spiro atoms. The van der Waals surface area contributed by atoms with Crippen molar-refractivity contribution in [1.29, 1.82) is 0 Å². The SMILES string of the molecule is CCCCCCCCN1C(=O)/C(=C/C(O)=C/C=C/N(CC)CC)C(=O)N(C)C1=O. The Bertz CT molecular complexity index is 663. The van der Waals surface area contributed by atoms with Gasteiger partial charge in [-0.05, 0) is 44.7 Å². The Morgan fingerprint density at radius 3 is 2.21 bits per heavy atom. The van der Waals surface area contributed by atoms with Gasteiger partial charge in [-0.25, -0.2) is 4.79 Å². The van der Waals surface area contributed by atoms with E-state index in [1.165, 1.54) is 19.5 Å². The molecule has 0 unspecified atom stereocenters. The van der Waals surface area contributed by atoms with Crippen LogP contribution in [0.25, 0.3) is 0 Å². The number of unbranched alkanes of at least 4 members (excludes halogenated alkanes) is 5. The lowest BCUT2D eigenvalue weighted by atomic mass is 10.1. The number of carbonyl (C=O) groups excluding carboxylic acids is 3. The maximum atomic E-state index is 12.7. The quantitative estimate of drug-likeness (QED) is 0.175. The van der Waals surface area contributed by atoms with Gasteiger partial charge in [0, 0.05) is 26.7 Å². The summed E-state index contributed by atoms with van der Waals surface area (Å²) >= 11 is 0. The van der Waals surface area contributed by atoms with E-state index >= 15 is 0 Å². The summed E-state index contributed by atoms with van der Waals surface area (Å²) in [6.07, 6.45) is 12.2. The zero-order valence-corrected chi connectivity index (χ0v) is 18.2. The molecule has 0 aromatic rings. The number of allylic oxidation sites excluding steroid dienone is 3. The van der Waals surface area contributed by atoms with Gasteiger partial charge in [0.2, 0.25) is 0 Å². The van der Waals surface area contributed by atoms with Crippen molar-refractivity contribution in [3.63, 3.8) is 0 Å². The number of aliphatic hydroxyl groups is 1. The second kappa shape index (κ2) is 12.8. The number of rotatable bonds is 12. The first-order chi connectivity index (χ1) is 13.9. The number of hydrogen-bond donors (Lipinski definition) is 1. The van der Waals surface area contributed by atoms with Crippen LogP contribution in [-0.4, -0.2) is 64.3 Å². The molecule has 4 amide bonds. The van der Waals surface area contributed by atoms with E-state index in [0.29, 0.717) is 6.42 Å². The van der Waals surface area contributed by atoms with E-state index in [1.54, 1.807) is 6.08 Å². The fourth-order valence-electron chi connectivity index (χ4n) is 3.04. The zero-order chi connectivity index (χ0) is 21.8. The van der Waals surface area contributed by atoms with E-state index in [-0.39, 0.29) is 17.9 Å². The first-order valence-electron chi connectivity index (χ1n) is 10.5. The monoisotopic (exact) mass is 405 g/mol. The molecule has 1 fully saturated rings. The molecule has 0 radical (unpaired) electrons. The third-order valence-corrected chi connectivity index (χ3v) is 4.93. The molecule has 0 saturated carbocycles. The van der Waals surface area contributed by atoms with Crippen LogP contribution < -0.4 is 0 Å². The molecule has 1 rings (SSSR count). The van der Waals surface area contributed by atoms with Gasteiger partial charge in [-0.1, -0.05) is 39.0 Å². The van der Waals surface area contributed by atoms with Gasteiger partial charge in [0.15, 0.2) is 0 Å². The van der Waals surface area contributed by atoms with E-state index in [2.05, 4.69) is 6.92 Å². The largest absolute Gasteiger partial charge is 0.508 e. The second-order valence-electron chi connectivity index (χ2n) is 7.08. The van der Waals surface area contributed by atoms with E-state index < -0.39 is 17.8 Å². The number of nitrogens with zero attached hydrogens (tertiary/aromatic N) is 3.